The molecule has 6 rings (SSSR count). The van der Waals surface area contributed by atoms with Gasteiger partial charge in [0.05, 0.1) is 46.3 Å². The number of nitrogens with one attached hydrogen (secondary N) is 1. The Morgan fingerprint density at radius 1 is 1.00 bits per heavy atom. The molecule has 218 valence electrons. The fraction of sp³-hybridized carbons (Fsp3) is 0.125. The molecule has 3 aromatic carbocycles. The van der Waals surface area contributed by atoms with Crippen molar-refractivity contribution in [3.8, 4) is 11.8 Å². The molecule has 0 radical (unpaired) electrons. The highest BCUT2D eigenvalue weighted by molar-refractivity contribution is 6.34. The van der Waals surface area contributed by atoms with Crippen LogP contribution in [0.15, 0.2) is 88.8 Å². The van der Waals surface area contributed by atoms with Crippen molar-refractivity contribution in [2.24, 2.45) is 7.05 Å². The zero-order valence-electron chi connectivity index (χ0n) is 23.6. The summed E-state index contributed by atoms with van der Waals surface area (Å²) in [5.74, 6) is -0.0157. The Kier molecular flexibility index (Phi) is 7.74. The molecule has 0 saturated carbocycles. The van der Waals surface area contributed by atoms with Crippen LogP contribution in [0.4, 0.5) is 11.6 Å². The molecule has 0 aliphatic rings. The van der Waals surface area contributed by atoms with E-state index in [4.69, 9.17) is 23.2 Å². The van der Waals surface area contributed by atoms with Crippen molar-refractivity contribution in [2.45, 2.75) is 19.9 Å². The number of nitrogens with zero attached hydrogens (tertiary/aromatic N) is 7. The first-order valence-electron chi connectivity index (χ1n) is 13.5. The van der Waals surface area contributed by atoms with Gasteiger partial charge in [0.2, 0.25) is 5.95 Å². The molecule has 0 aliphatic heterocycles. The summed E-state index contributed by atoms with van der Waals surface area (Å²) in [5, 5.41) is 18.9. The van der Waals surface area contributed by atoms with Crippen molar-refractivity contribution in [1.29, 1.82) is 5.26 Å². The number of hydrogen-bond donors (Lipinski definition) is 1. The number of fused-ring (bicyclic) bond motifs is 1. The number of rotatable bonds is 7. The number of hydrogen-bond acceptors (Lipinski definition) is 7. The molecule has 0 saturated heterocycles. The Bertz CT molecular complexity index is 2230. The maximum absolute atomic E-state index is 14.2. The first kappa shape index (κ1) is 28.9. The average molecular weight is 624 g/mol. The van der Waals surface area contributed by atoms with Crippen LogP contribution in [0.2, 0.25) is 10.0 Å². The van der Waals surface area contributed by atoms with Gasteiger partial charge in [0, 0.05) is 29.9 Å². The lowest BCUT2D eigenvalue weighted by atomic mass is 9.97. The third kappa shape index (κ3) is 5.83. The maximum atomic E-state index is 14.2. The molecule has 0 fully saturated rings. The Morgan fingerprint density at radius 2 is 1.84 bits per heavy atom. The van der Waals surface area contributed by atoms with Crippen LogP contribution >= 0.6 is 23.2 Å². The van der Waals surface area contributed by atoms with Crippen molar-refractivity contribution in [3.05, 3.63) is 138 Å². The molecule has 44 heavy (non-hydrogen) atoms. The predicted molar refractivity (Wildman–Crippen MR) is 170 cm³/mol. The molecule has 3 aromatic heterocycles. The van der Waals surface area contributed by atoms with Crippen LogP contribution in [0.3, 0.4) is 0 Å². The second-order valence-corrected chi connectivity index (χ2v) is 11.2. The number of anilines is 2. The summed E-state index contributed by atoms with van der Waals surface area (Å²) in [6, 6.07) is 20.1. The first-order chi connectivity index (χ1) is 21.2. The van der Waals surface area contributed by atoms with Crippen molar-refractivity contribution < 1.29 is 0 Å². The van der Waals surface area contributed by atoms with E-state index in [2.05, 4.69) is 26.5 Å². The van der Waals surface area contributed by atoms with Crippen LogP contribution in [-0.4, -0.2) is 28.9 Å². The molecule has 0 unspecified atom stereocenters. The number of nitriles is 1. The highest BCUT2D eigenvalue weighted by atomic mass is 35.5. The van der Waals surface area contributed by atoms with Crippen LogP contribution in [0.1, 0.15) is 27.8 Å². The van der Waals surface area contributed by atoms with Gasteiger partial charge in [-0.15, -0.1) is 0 Å². The van der Waals surface area contributed by atoms with E-state index < -0.39 is 11.4 Å². The number of halogens is 2. The molecule has 6 aromatic rings. The van der Waals surface area contributed by atoms with Gasteiger partial charge in [0.1, 0.15) is 0 Å². The zero-order chi connectivity index (χ0) is 31.0. The molecule has 10 nitrogen and oxygen atoms in total. The normalized spacial score (nSPS) is 11.1. The van der Waals surface area contributed by atoms with Crippen molar-refractivity contribution in [3.63, 3.8) is 0 Å². The summed E-state index contributed by atoms with van der Waals surface area (Å²) in [5.41, 5.74) is 3.69. The smallest absolute Gasteiger partial charge is 0.324 e. The second-order valence-electron chi connectivity index (χ2n) is 10.4. The topological polar surface area (TPSA) is 123 Å². The van der Waals surface area contributed by atoms with Crippen molar-refractivity contribution in [1.82, 2.24) is 28.9 Å². The van der Waals surface area contributed by atoms with Crippen LogP contribution in [0.25, 0.3) is 16.6 Å². The molecule has 0 spiro atoms. The predicted octanol–water partition coefficient (Wildman–Crippen LogP) is 5.55. The van der Waals surface area contributed by atoms with E-state index in [9.17, 15) is 14.9 Å². The SMILES string of the molecule is Cc1cncc(-n2c(=O)nc(Nc3cc4cn(C)nc4cc3Cl)n(Cc3cc(C#N)ccc3Cc3cccc(Cl)c3)c2=O)c1. The maximum Gasteiger partial charge on any atom is 0.359 e. The highest BCUT2D eigenvalue weighted by Gasteiger charge is 2.19. The molecule has 0 bridgehead atoms. The van der Waals surface area contributed by atoms with Gasteiger partial charge in [-0.25, -0.2) is 14.2 Å². The molecule has 0 atom stereocenters. The molecule has 0 amide bonds. The first-order valence-corrected chi connectivity index (χ1v) is 14.3. The largest absolute Gasteiger partial charge is 0.359 e. The number of pyridine rings is 1. The average Bonchev–Trinajstić information content (AvgIpc) is 3.34. The Labute approximate surface area is 261 Å². The van der Waals surface area contributed by atoms with Crippen molar-refractivity contribution >= 4 is 45.7 Å². The number of aromatic nitrogens is 6. The quantitative estimate of drug-likeness (QED) is 0.248. The third-order valence-corrected chi connectivity index (χ3v) is 7.64. The second kappa shape index (κ2) is 11.8. The minimum Gasteiger partial charge on any atom is -0.324 e. The van der Waals surface area contributed by atoms with Gasteiger partial charge in [-0.3, -0.25) is 14.2 Å². The summed E-state index contributed by atoms with van der Waals surface area (Å²) < 4.78 is 3.99. The Hall–Kier alpha value is -5.24. The monoisotopic (exact) mass is 622 g/mol. The lowest BCUT2D eigenvalue weighted by Gasteiger charge is -2.18. The Balaban J connectivity index is 1.52. The van der Waals surface area contributed by atoms with E-state index in [0.29, 0.717) is 38.8 Å². The van der Waals surface area contributed by atoms with Gasteiger partial charge < -0.3 is 5.32 Å². The van der Waals surface area contributed by atoms with Crippen LogP contribution < -0.4 is 16.7 Å². The van der Waals surface area contributed by atoms with E-state index in [1.807, 2.05) is 37.4 Å². The zero-order valence-corrected chi connectivity index (χ0v) is 25.1. The highest BCUT2D eigenvalue weighted by Crippen LogP contribution is 2.29. The van der Waals surface area contributed by atoms with Gasteiger partial charge in [0.15, 0.2) is 0 Å². The van der Waals surface area contributed by atoms with Crippen LogP contribution in [-0.2, 0) is 20.0 Å². The molecule has 12 heteroatoms. The lowest BCUT2D eigenvalue weighted by molar-refractivity contribution is 0.654. The third-order valence-electron chi connectivity index (χ3n) is 7.09. The van der Waals surface area contributed by atoms with Gasteiger partial charge >= 0.3 is 11.4 Å². The van der Waals surface area contributed by atoms with E-state index in [-0.39, 0.29) is 18.2 Å². The van der Waals surface area contributed by atoms with Crippen LogP contribution in [0, 0.1) is 18.3 Å². The number of aryl methyl sites for hydroxylation is 2. The summed E-state index contributed by atoms with van der Waals surface area (Å²) in [6.45, 7) is 1.81. The minimum absolute atomic E-state index is 0.00807. The molecule has 1 N–H and O–H groups in total. The van der Waals surface area contributed by atoms with Gasteiger partial charge in [0.25, 0.3) is 0 Å². The molecule has 0 aliphatic carbocycles. The molecular weight excluding hydrogens is 599 g/mol. The fourth-order valence-corrected chi connectivity index (χ4v) is 5.47. The van der Waals surface area contributed by atoms with E-state index in [1.54, 1.807) is 54.3 Å². The van der Waals surface area contributed by atoms with Crippen LogP contribution in [0.5, 0.6) is 0 Å². The van der Waals surface area contributed by atoms with Gasteiger partial charge in [-0.2, -0.15) is 15.3 Å². The molecule has 3 heterocycles. The van der Waals surface area contributed by atoms with Gasteiger partial charge in [-0.1, -0.05) is 41.4 Å². The van der Waals surface area contributed by atoms with E-state index in [0.717, 1.165) is 26.6 Å². The summed E-state index contributed by atoms with van der Waals surface area (Å²) in [7, 11) is 1.80. The summed E-state index contributed by atoms with van der Waals surface area (Å²) in [4.78, 5) is 36.0. The summed E-state index contributed by atoms with van der Waals surface area (Å²) >= 11 is 12.8. The minimum atomic E-state index is -0.787. The van der Waals surface area contributed by atoms with E-state index in [1.165, 1.54) is 10.8 Å². The molecular formula is C32H24Cl2N8O2. The number of benzene rings is 3. The van der Waals surface area contributed by atoms with Crippen molar-refractivity contribution in [2.75, 3.05) is 5.32 Å². The van der Waals surface area contributed by atoms with Gasteiger partial charge in [-0.05, 0) is 78.1 Å². The Morgan fingerprint density at radius 3 is 2.61 bits per heavy atom. The lowest BCUT2D eigenvalue weighted by Crippen LogP contribution is -2.42. The summed E-state index contributed by atoms with van der Waals surface area (Å²) in [6.07, 6.45) is 5.39. The fourth-order valence-electron chi connectivity index (χ4n) is 5.05. The van der Waals surface area contributed by atoms with E-state index >= 15 is 0 Å². The standard InChI is InChI=1S/C32H24Cl2N8O2/c1-19-8-26(16-36-15-19)42-31(43)38-30(37-29-12-24-17-40(2)39-28(24)13-27(29)34)41(32(42)44)18-23-10-21(14-35)6-7-22(23)9-20-4-3-5-25(33)11-20/h3-8,10-13,15-17H,9,18H2,1-2H3,(H,37,38,43).